The van der Waals surface area contributed by atoms with Crippen LogP contribution in [0.2, 0.25) is 0 Å². The summed E-state index contributed by atoms with van der Waals surface area (Å²) in [6.45, 7) is 5.83. The molecule has 5 nitrogen and oxygen atoms in total. The zero-order valence-electron chi connectivity index (χ0n) is 12.7. The Morgan fingerprint density at radius 1 is 1.29 bits per heavy atom. The van der Waals surface area contributed by atoms with Gasteiger partial charge < -0.3 is 19.4 Å². The molecule has 1 N–H and O–H groups in total. The monoisotopic (exact) mass is 289 g/mol. The van der Waals surface area contributed by atoms with E-state index in [0.717, 1.165) is 30.9 Å². The molecule has 1 aromatic carbocycles. The third-order valence-electron chi connectivity index (χ3n) is 3.25. The number of hydrogen-bond acceptors (Lipinski definition) is 4. The SMILES string of the molecule is COCCNCc1cccc(C)c1OCCn1ccnc1. The lowest BCUT2D eigenvalue weighted by Gasteiger charge is -2.15. The Labute approximate surface area is 125 Å². The molecule has 0 unspecified atom stereocenters. The number of aryl methyl sites for hydroxylation is 1. The van der Waals surface area contributed by atoms with Crippen LogP contribution in [0.4, 0.5) is 0 Å². The van der Waals surface area contributed by atoms with Gasteiger partial charge in [-0.1, -0.05) is 18.2 Å². The second-order valence-electron chi connectivity index (χ2n) is 4.88. The van der Waals surface area contributed by atoms with E-state index in [1.54, 1.807) is 19.6 Å². The van der Waals surface area contributed by atoms with E-state index in [2.05, 4.69) is 35.4 Å². The summed E-state index contributed by atoms with van der Waals surface area (Å²) in [5.74, 6) is 0.975. The van der Waals surface area contributed by atoms with Gasteiger partial charge in [0.25, 0.3) is 0 Å². The number of para-hydroxylation sites is 1. The number of imidazole rings is 1. The number of rotatable bonds is 9. The summed E-state index contributed by atoms with van der Waals surface area (Å²) < 4.78 is 13.0. The molecule has 0 aliphatic rings. The Morgan fingerprint density at radius 2 is 2.19 bits per heavy atom. The summed E-state index contributed by atoms with van der Waals surface area (Å²) >= 11 is 0. The standard InChI is InChI=1S/C16H23N3O2/c1-14-4-3-5-15(12-17-7-10-20-2)16(14)21-11-9-19-8-6-18-13-19/h3-6,8,13,17H,7,9-12H2,1-2H3. The minimum Gasteiger partial charge on any atom is -0.491 e. The zero-order chi connectivity index (χ0) is 14.9. The summed E-state index contributed by atoms with van der Waals surface area (Å²) in [5.41, 5.74) is 2.34. The maximum absolute atomic E-state index is 5.98. The molecule has 2 aromatic rings. The molecule has 5 heteroatoms. The number of ether oxygens (including phenoxy) is 2. The molecule has 0 aliphatic carbocycles. The van der Waals surface area contributed by atoms with E-state index < -0.39 is 0 Å². The largest absolute Gasteiger partial charge is 0.491 e. The molecule has 0 fully saturated rings. The van der Waals surface area contributed by atoms with Gasteiger partial charge in [-0.3, -0.25) is 0 Å². The van der Waals surface area contributed by atoms with Crippen molar-refractivity contribution in [3.8, 4) is 5.75 Å². The Balaban J connectivity index is 1.90. The molecule has 0 bridgehead atoms. The van der Waals surface area contributed by atoms with Crippen LogP contribution in [0.3, 0.4) is 0 Å². The van der Waals surface area contributed by atoms with Gasteiger partial charge in [0.1, 0.15) is 12.4 Å². The van der Waals surface area contributed by atoms with Gasteiger partial charge in [0.15, 0.2) is 0 Å². The maximum atomic E-state index is 5.98. The average molecular weight is 289 g/mol. The summed E-state index contributed by atoms with van der Waals surface area (Å²) in [5, 5.41) is 3.35. The second kappa shape index (κ2) is 8.44. The first kappa shape index (κ1) is 15.5. The molecule has 0 aliphatic heterocycles. The van der Waals surface area contributed by atoms with Crippen molar-refractivity contribution in [1.29, 1.82) is 0 Å². The van der Waals surface area contributed by atoms with Crippen molar-refractivity contribution in [3.63, 3.8) is 0 Å². The van der Waals surface area contributed by atoms with Gasteiger partial charge in [-0.05, 0) is 12.5 Å². The molecule has 0 amide bonds. The van der Waals surface area contributed by atoms with Gasteiger partial charge >= 0.3 is 0 Å². The molecule has 114 valence electrons. The molecule has 1 heterocycles. The first-order valence-electron chi connectivity index (χ1n) is 7.18. The first-order chi connectivity index (χ1) is 10.3. The number of nitrogens with zero attached hydrogens (tertiary/aromatic N) is 2. The van der Waals surface area contributed by atoms with E-state index in [1.165, 1.54) is 5.56 Å². The third-order valence-corrected chi connectivity index (χ3v) is 3.25. The summed E-state index contributed by atoms with van der Waals surface area (Å²) in [6, 6.07) is 6.23. The quantitative estimate of drug-likeness (QED) is 0.717. The normalized spacial score (nSPS) is 10.8. The average Bonchev–Trinajstić information content (AvgIpc) is 2.99. The van der Waals surface area contributed by atoms with E-state index in [4.69, 9.17) is 9.47 Å². The molecule has 0 saturated carbocycles. The summed E-state index contributed by atoms with van der Waals surface area (Å²) in [6.07, 6.45) is 5.52. The first-order valence-corrected chi connectivity index (χ1v) is 7.18. The van der Waals surface area contributed by atoms with E-state index in [-0.39, 0.29) is 0 Å². The number of benzene rings is 1. The molecular formula is C16H23N3O2. The number of nitrogens with one attached hydrogen (secondary N) is 1. The fourth-order valence-corrected chi connectivity index (χ4v) is 2.13. The Kier molecular flexibility index (Phi) is 6.24. The second-order valence-corrected chi connectivity index (χ2v) is 4.88. The minimum atomic E-state index is 0.631. The van der Waals surface area contributed by atoms with Crippen LogP contribution in [0.5, 0.6) is 5.75 Å². The fraction of sp³-hybridized carbons (Fsp3) is 0.438. The van der Waals surface area contributed by atoms with Crippen LogP contribution in [-0.2, 0) is 17.8 Å². The Morgan fingerprint density at radius 3 is 2.95 bits per heavy atom. The van der Waals surface area contributed by atoms with Crippen molar-refractivity contribution in [2.75, 3.05) is 26.9 Å². The minimum absolute atomic E-state index is 0.631. The predicted octanol–water partition coefficient (Wildman–Crippen LogP) is 2.01. The number of methoxy groups -OCH3 is 1. The van der Waals surface area contributed by atoms with Gasteiger partial charge in [0, 0.05) is 38.2 Å². The van der Waals surface area contributed by atoms with Crippen LogP contribution < -0.4 is 10.1 Å². The topological polar surface area (TPSA) is 48.3 Å². The van der Waals surface area contributed by atoms with Crippen LogP contribution in [-0.4, -0.2) is 36.4 Å². The van der Waals surface area contributed by atoms with Crippen molar-refractivity contribution in [2.45, 2.75) is 20.0 Å². The van der Waals surface area contributed by atoms with E-state index in [1.807, 2.05) is 10.8 Å². The van der Waals surface area contributed by atoms with Crippen molar-refractivity contribution in [2.24, 2.45) is 0 Å². The summed E-state index contributed by atoms with van der Waals surface area (Å²) in [4.78, 5) is 4.03. The van der Waals surface area contributed by atoms with E-state index in [0.29, 0.717) is 13.2 Å². The zero-order valence-corrected chi connectivity index (χ0v) is 12.7. The molecule has 0 spiro atoms. The maximum Gasteiger partial charge on any atom is 0.126 e. The van der Waals surface area contributed by atoms with Crippen LogP contribution in [0.25, 0.3) is 0 Å². The van der Waals surface area contributed by atoms with Crippen molar-refractivity contribution >= 4 is 0 Å². The molecule has 0 saturated heterocycles. The lowest BCUT2D eigenvalue weighted by atomic mass is 10.1. The Bertz CT molecular complexity index is 526. The predicted molar refractivity (Wildman–Crippen MR) is 82.5 cm³/mol. The highest BCUT2D eigenvalue weighted by Crippen LogP contribution is 2.23. The van der Waals surface area contributed by atoms with Crippen LogP contribution in [0.15, 0.2) is 36.9 Å². The Hall–Kier alpha value is -1.85. The molecule has 21 heavy (non-hydrogen) atoms. The van der Waals surface area contributed by atoms with Gasteiger partial charge in [-0.2, -0.15) is 0 Å². The smallest absolute Gasteiger partial charge is 0.126 e. The van der Waals surface area contributed by atoms with Gasteiger partial charge in [-0.25, -0.2) is 4.98 Å². The van der Waals surface area contributed by atoms with Crippen molar-refractivity contribution in [1.82, 2.24) is 14.9 Å². The van der Waals surface area contributed by atoms with Crippen molar-refractivity contribution in [3.05, 3.63) is 48.0 Å². The van der Waals surface area contributed by atoms with Crippen molar-refractivity contribution < 1.29 is 9.47 Å². The highest BCUT2D eigenvalue weighted by molar-refractivity contribution is 5.40. The van der Waals surface area contributed by atoms with Crippen LogP contribution in [0.1, 0.15) is 11.1 Å². The molecule has 0 atom stereocenters. The lowest BCUT2D eigenvalue weighted by molar-refractivity contribution is 0.199. The number of aromatic nitrogens is 2. The van der Waals surface area contributed by atoms with Crippen LogP contribution >= 0.6 is 0 Å². The fourth-order valence-electron chi connectivity index (χ4n) is 2.13. The molecule has 1 aromatic heterocycles. The number of hydrogen-bond donors (Lipinski definition) is 1. The molecule has 0 radical (unpaired) electrons. The van der Waals surface area contributed by atoms with Gasteiger partial charge in [0.05, 0.1) is 19.5 Å². The third kappa shape index (κ3) is 4.88. The van der Waals surface area contributed by atoms with E-state index >= 15 is 0 Å². The van der Waals surface area contributed by atoms with E-state index in [9.17, 15) is 0 Å². The molecule has 2 rings (SSSR count). The van der Waals surface area contributed by atoms with Gasteiger partial charge in [-0.15, -0.1) is 0 Å². The molecular weight excluding hydrogens is 266 g/mol. The lowest BCUT2D eigenvalue weighted by Crippen LogP contribution is -2.19. The highest BCUT2D eigenvalue weighted by atomic mass is 16.5. The highest BCUT2D eigenvalue weighted by Gasteiger charge is 2.06. The summed E-state index contributed by atoms with van der Waals surface area (Å²) in [7, 11) is 1.71. The van der Waals surface area contributed by atoms with Crippen LogP contribution in [0, 0.1) is 6.92 Å². The van der Waals surface area contributed by atoms with Gasteiger partial charge in [0.2, 0.25) is 0 Å².